The predicted molar refractivity (Wildman–Crippen MR) is 102 cm³/mol. The third-order valence-electron chi connectivity index (χ3n) is 3.82. The van der Waals surface area contributed by atoms with Gasteiger partial charge in [-0.25, -0.2) is 0 Å². The Morgan fingerprint density at radius 2 is 1.82 bits per heavy atom. The van der Waals surface area contributed by atoms with Crippen LogP contribution in [0.3, 0.4) is 0 Å². The molecule has 0 aromatic heterocycles. The molecule has 8 nitrogen and oxygen atoms in total. The molecule has 2 aromatic carbocycles. The minimum absolute atomic E-state index is 0.258. The Hall–Kier alpha value is -3.39. The van der Waals surface area contributed by atoms with Crippen molar-refractivity contribution in [3.8, 4) is 5.75 Å². The second-order valence-corrected chi connectivity index (χ2v) is 5.95. The minimum atomic E-state index is -1.12. The lowest BCUT2D eigenvalue weighted by Gasteiger charge is -2.14. The third kappa shape index (κ3) is 6.40. The fraction of sp³-hybridized carbons (Fsp3) is 0.250. The van der Waals surface area contributed by atoms with Crippen LogP contribution in [0.1, 0.15) is 22.8 Å². The molecular weight excluding hydrogens is 364 g/mol. The first-order valence-corrected chi connectivity index (χ1v) is 8.54. The number of carbonyl (C=O) groups is 3. The molecule has 2 rings (SSSR count). The van der Waals surface area contributed by atoms with Gasteiger partial charge in [-0.3, -0.25) is 14.4 Å². The van der Waals surface area contributed by atoms with E-state index in [4.69, 9.17) is 14.6 Å². The number of aliphatic carboxylic acids is 1. The zero-order valence-electron chi connectivity index (χ0n) is 15.6. The predicted octanol–water partition coefficient (Wildman–Crippen LogP) is 2.05. The van der Waals surface area contributed by atoms with Gasteiger partial charge in [0.1, 0.15) is 18.4 Å². The van der Waals surface area contributed by atoms with Crippen LogP contribution in [-0.2, 0) is 20.9 Å². The molecule has 0 saturated heterocycles. The van der Waals surface area contributed by atoms with E-state index in [9.17, 15) is 14.4 Å². The molecule has 0 bridgehead atoms. The highest BCUT2D eigenvalue weighted by Gasteiger charge is 2.14. The van der Waals surface area contributed by atoms with Crippen molar-refractivity contribution < 1.29 is 29.0 Å². The maximum absolute atomic E-state index is 12.2. The minimum Gasteiger partial charge on any atom is -0.497 e. The summed E-state index contributed by atoms with van der Waals surface area (Å²) in [5.41, 5.74) is 1.67. The van der Waals surface area contributed by atoms with Crippen molar-refractivity contribution >= 4 is 23.5 Å². The van der Waals surface area contributed by atoms with Crippen LogP contribution in [0.4, 0.5) is 5.69 Å². The first-order chi connectivity index (χ1) is 13.4. The molecule has 0 heterocycles. The molecule has 2 amide bonds. The monoisotopic (exact) mass is 386 g/mol. The number of rotatable bonds is 9. The molecule has 0 fully saturated rings. The van der Waals surface area contributed by atoms with Crippen LogP contribution in [0.25, 0.3) is 0 Å². The molecule has 8 heteroatoms. The summed E-state index contributed by atoms with van der Waals surface area (Å²) >= 11 is 0. The Kier molecular flexibility index (Phi) is 7.53. The number of hydrogen-bond donors (Lipinski definition) is 3. The van der Waals surface area contributed by atoms with E-state index in [2.05, 4.69) is 10.6 Å². The second kappa shape index (κ2) is 10.1. The number of hydrogen-bond acceptors (Lipinski definition) is 5. The molecule has 0 aliphatic rings. The van der Waals surface area contributed by atoms with Crippen LogP contribution < -0.4 is 15.4 Å². The SMILES string of the molecule is COc1cccc(COC(C)C(=O)Nc2ccc(C(=O)NCC(=O)O)cc2)c1. The smallest absolute Gasteiger partial charge is 0.322 e. The number of carboxylic acids is 1. The summed E-state index contributed by atoms with van der Waals surface area (Å²) in [6, 6.07) is 13.5. The van der Waals surface area contributed by atoms with Crippen molar-refractivity contribution in [2.45, 2.75) is 19.6 Å². The molecule has 148 valence electrons. The van der Waals surface area contributed by atoms with Crippen LogP contribution in [0.2, 0.25) is 0 Å². The summed E-state index contributed by atoms with van der Waals surface area (Å²) < 4.78 is 10.7. The van der Waals surface area contributed by atoms with Gasteiger partial charge in [-0.05, 0) is 48.9 Å². The Morgan fingerprint density at radius 3 is 2.46 bits per heavy atom. The molecule has 0 saturated carbocycles. The summed E-state index contributed by atoms with van der Waals surface area (Å²) in [7, 11) is 1.58. The lowest BCUT2D eigenvalue weighted by molar-refractivity contribution is -0.135. The van der Waals surface area contributed by atoms with E-state index in [1.807, 2.05) is 24.3 Å². The molecule has 3 N–H and O–H groups in total. The number of methoxy groups -OCH3 is 1. The molecule has 1 unspecified atom stereocenters. The number of carboxylic acid groups (broad SMARTS) is 1. The van der Waals surface area contributed by atoms with Crippen molar-refractivity contribution in [2.24, 2.45) is 0 Å². The molecule has 0 spiro atoms. The molecule has 0 aliphatic heterocycles. The van der Waals surface area contributed by atoms with E-state index in [1.165, 1.54) is 12.1 Å². The average Bonchev–Trinajstić information content (AvgIpc) is 2.70. The van der Waals surface area contributed by atoms with Crippen LogP contribution >= 0.6 is 0 Å². The van der Waals surface area contributed by atoms with Gasteiger partial charge in [0.25, 0.3) is 11.8 Å². The zero-order valence-corrected chi connectivity index (χ0v) is 15.6. The zero-order chi connectivity index (χ0) is 20.5. The summed E-state index contributed by atoms with van der Waals surface area (Å²) in [6.07, 6.45) is -0.690. The number of nitrogens with one attached hydrogen (secondary N) is 2. The second-order valence-electron chi connectivity index (χ2n) is 5.95. The molecule has 28 heavy (non-hydrogen) atoms. The van der Waals surface area contributed by atoms with E-state index >= 15 is 0 Å². The van der Waals surface area contributed by atoms with Gasteiger partial charge >= 0.3 is 5.97 Å². The fourth-order valence-corrected chi connectivity index (χ4v) is 2.27. The molecule has 1 atom stereocenters. The number of ether oxygens (including phenoxy) is 2. The molecule has 0 radical (unpaired) electrons. The molecule has 2 aromatic rings. The number of carbonyl (C=O) groups excluding carboxylic acids is 2. The number of amides is 2. The lowest BCUT2D eigenvalue weighted by Crippen LogP contribution is -2.29. The van der Waals surface area contributed by atoms with Gasteiger partial charge in [0, 0.05) is 11.3 Å². The summed E-state index contributed by atoms with van der Waals surface area (Å²) in [6.45, 7) is 1.44. The fourth-order valence-electron chi connectivity index (χ4n) is 2.27. The van der Waals surface area contributed by atoms with E-state index < -0.39 is 24.5 Å². The van der Waals surface area contributed by atoms with E-state index in [1.54, 1.807) is 26.2 Å². The van der Waals surface area contributed by atoms with Gasteiger partial charge in [0.2, 0.25) is 0 Å². The maximum atomic E-state index is 12.2. The van der Waals surface area contributed by atoms with E-state index in [-0.39, 0.29) is 12.5 Å². The van der Waals surface area contributed by atoms with Gasteiger partial charge in [-0.15, -0.1) is 0 Å². The van der Waals surface area contributed by atoms with Crippen molar-refractivity contribution in [2.75, 3.05) is 19.0 Å². The Morgan fingerprint density at radius 1 is 1.11 bits per heavy atom. The summed E-state index contributed by atoms with van der Waals surface area (Å²) in [5, 5.41) is 13.5. The van der Waals surface area contributed by atoms with Gasteiger partial charge in [-0.1, -0.05) is 12.1 Å². The largest absolute Gasteiger partial charge is 0.497 e. The first-order valence-electron chi connectivity index (χ1n) is 8.54. The van der Waals surface area contributed by atoms with Crippen LogP contribution in [0.5, 0.6) is 5.75 Å². The van der Waals surface area contributed by atoms with Crippen molar-refractivity contribution in [3.63, 3.8) is 0 Å². The van der Waals surface area contributed by atoms with Crippen molar-refractivity contribution in [1.82, 2.24) is 5.32 Å². The standard InChI is InChI=1S/C20H22N2O6/c1-13(28-12-14-4-3-5-17(10-14)27-2)19(25)22-16-8-6-15(7-9-16)20(26)21-11-18(23)24/h3-10,13H,11-12H2,1-2H3,(H,21,26)(H,22,25)(H,23,24). The summed E-state index contributed by atoms with van der Waals surface area (Å²) in [5.74, 6) is -1.24. The van der Waals surface area contributed by atoms with Gasteiger partial charge in [0.05, 0.1) is 13.7 Å². The quantitative estimate of drug-likeness (QED) is 0.608. The Labute approximate surface area is 162 Å². The van der Waals surface area contributed by atoms with Crippen molar-refractivity contribution in [3.05, 3.63) is 59.7 Å². The summed E-state index contributed by atoms with van der Waals surface area (Å²) in [4.78, 5) is 34.5. The average molecular weight is 386 g/mol. The van der Waals surface area contributed by atoms with Crippen LogP contribution in [-0.4, -0.2) is 42.6 Å². The highest BCUT2D eigenvalue weighted by Crippen LogP contribution is 2.15. The molecule has 0 aliphatic carbocycles. The van der Waals surface area contributed by atoms with Gasteiger partial charge in [0.15, 0.2) is 0 Å². The van der Waals surface area contributed by atoms with Gasteiger partial charge < -0.3 is 25.2 Å². The van der Waals surface area contributed by atoms with E-state index in [0.29, 0.717) is 17.0 Å². The Balaban J connectivity index is 1.85. The lowest BCUT2D eigenvalue weighted by atomic mass is 10.2. The number of anilines is 1. The third-order valence-corrected chi connectivity index (χ3v) is 3.82. The Bertz CT molecular complexity index is 835. The molecular formula is C20H22N2O6. The normalized spacial score (nSPS) is 11.4. The topological polar surface area (TPSA) is 114 Å². The maximum Gasteiger partial charge on any atom is 0.322 e. The highest BCUT2D eigenvalue weighted by atomic mass is 16.5. The van der Waals surface area contributed by atoms with Crippen molar-refractivity contribution in [1.29, 1.82) is 0 Å². The van der Waals surface area contributed by atoms with E-state index in [0.717, 1.165) is 5.56 Å². The van der Waals surface area contributed by atoms with Gasteiger partial charge in [-0.2, -0.15) is 0 Å². The first kappa shape index (κ1) is 20.9. The van der Waals surface area contributed by atoms with Crippen LogP contribution in [0.15, 0.2) is 48.5 Å². The van der Waals surface area contributed by atoms with Crippen LogP contribution in [0, 0.1) is 0 Å². The number of benzene rings is 2. The highest BCUT2D eigenvalue weighted by molar-refractivity contribution is 5.97.